The summed E-state index contributed by atoms with van der Waals surface area (Å²) in [5.74, 6) is -0.0707. The number of aliphatic hydroxyl groups is 1. The van der Waals surface area contributed by atoms with E-state index in [4.69, 9.17) is 4.74 Å². The summed E-state index contributed by atoms with van der Waals surface area (Å²) >= 11 is 0. The van der Waals surface area contributed by atoms with Crippen LogP contribution in [-0.4, -0.2) is 72.2 Å². The maximum atomic E-state index is 12.2. The van der Waals surface area contributed by atoms with Crippen molar-refractivity contribution in [2.45, 2.75) is 25.5 Å². The maximum Gasteiger partial charge on any atom is 0.229 e. The number of methoxy groups -OCH3 is 1. The highest BCUT2D eigenvalue weighted by atomic mass is 16.5. The van der Waals surface area contributed by atoms with Crippen LogP contribution in [-0.2, 0) is 14.3 Å². The summed E-state index contributed by atoms with van der Waals surface area (Å²) in [5, 5.41) is 9.30. The van der Waals surface area contributed by atoms with Crippen molar-refractivity contribution in [3.8, 4) is 0 Å². The van der Waals surface area contributed by atoms with Gasteiger partial charge in [0.1, 0.15) is 0 Å². The third kappa shape index (κ3) is 2.35. The van der Waals surface area contributed by atoms with Gasteiger partial charge in [0.2, 0.25) is 11.8 Å². The monoisotopic (exact) mass is 256 g/mol. The number of amides is 2. The van der Waals surface area contributed by atoms with Crippen molar-refractivity contribution in [1.29, 1.82) is 0 Å². The zero-order valence-corrected chi connectivity index (χ0v) is 10.8. The van der Waals surface area contributed by atoms with Crippen molar-refractivity contribution in [2.24, 2.45) is 5.92 Å². The van der Waals surface area contributed by atoms with Crippen molar-refractivity contribution >= 4 is 11.8 Å². The Morgan fingerprint density at radius 3 is 2.50 bits per heavy atom. The van der Waals surface area contributed by atoms with E-state index in [1.807, 2.05) is 0 Å². The number of ether oxygens (including phenoxy) is 1. The Morgan fingerprint density at radius 1 is 1.33 bits per heavy atom. The van der Waals surface area contributed by atoms with E-state index in [0.717, 1.165) is 0 Å². The van der Waals surface area contributed by atoms with E-state index in [1.165, 1.54) is 6.92 Å². The highest BCUT2D eigenvalue weighted by molar-refractivity contribution is 5.84. The first-order valence-corrected chi connectivity index (χ1v) is 6.26. The average Bonchev–Trinajstić information content (AvgIpc) is 2.69. The van der Waals surface area contributed by atoms with Crippen molar-refractivity contribution < 1.29 is 19.4 Å². The summed E-state index contributed by atoms with van der Waals surface area (Å²) in [7, 11) is 1.62. The molecule has 0 aromatic heterocycles. The van der Waals surface area contributed by atoms with Gasteiger partial charge in [0, 0.05) is 33.7 Å². The summed E-state index contributed by atoms with van der Waals surface area (Å²) in [6.07, 6.45) is 0.692. The second kappa shape index (κ2) is 5.24. The van der Waals surface area contributed by atoms with Gasteiger partial charge in [-0.25, -0.2) is 0 Å². The molecule has 0 bridgehead atoms. The third-order valence-corrected chi connectivity index (χ3v) is 3.88. The Morgan fingerprint density at radius 2 is 2.00 bits per heavy atom. The Kier molecular flexibility index (Phi) is 3.87. The Labute approximate surface area is 106 Å². The van der Waals surface area contributed by atoms with Gasteiger partial charge < -0.3 is 19.6 Å². The molecular formula is C12H20N2O4. The van der Waals surface area contributed by atoms with E-state index < -0.39 is 0 Å². The van der Waals surface area contributed by atoms with Gasteiger partial charge in [-0.15, -0.1) is 0 Å². The molecule has 0 aromatic rings. The van der Waals surface area contributed by atoms with Crippen LogP contribution < -0.4 is 0 Å². The van der Waals surface area contributed by atoms with Crippen LogP contribution in [0.4, 0.5) is 0 Å². The number of carbonyl (C=O) groups is 2. The molecule has 2 atom stereocenters. The van der Waals surface area contributed by atoms with Gasteiger partial charge in [0.25, 0.3) is 0 Å². The summed E-state index contributed by atoms with van der Waals surface area (Å²) < 4.78 is 5.24. The molecule has 18 heavy (non-hydrogen) atoms. The fourth-order valence-electron chi connectivity index (χ4n) is 2.61. The molecule has 1 N–H and O–H groups in total. The Bertz CT molecular complexity index is 341. The van der Waals surface area contributed by atoms with Gasteiger partial charge in [-0.1, -0.05) is 0 Å². The average molecular weight is 256 g/mol. The van der Waals surface area contributed by atoms with Crippen molar-refractivity contribution in [3.63, 3.8) is 0 Å². The summed E-state index contributed by atoms with van der Waals surface area (Å²) in [5.41, 5.74) is 0. The van der Waals surface area contributed by atoms with Crippen LogP contribution in [0.5, 0.6) is 0 Å². The molecule has 0 spiro atoms. The largest absolute Gasteiger partial charge is 0.394 e. The molecule has 6 nitrogen and oxygen atoms in total. The van der Waals surface area contributed by atoms with Gasteiger partial charge in [0.15, 0.2) is 0 Å². The molecule has 0 aliphatic carbocycles. The molecule has 2 saturated heterocycles. The summed E-state index contributed by atoms with van der Waals surface area (Å²) in [6, 6.07) is -0.145. The number of hydrogen-bond acceptors (Lipinski definition) is 4. The lowest BCUT2D eigenvalue weighted by Crippen LogP contribution is -2.57. The molecule has 2 fully saturated rings. The smallest absolute Gasteiger partial charge is 0.229 e. The number of aliphatic hydroxyl groups excluding tert-OH is 1. The second-order valence-electron chi connectivity index (χ2n) is 5.04. The number of rotatable bonds is 3. The number of likely N-dealkylation sites (tertiary alicyclic amines) is 2. The third-order valence-electron chi connectivity index (χ3n) is 3.88. The van der Waals surface area contributed by atoms with Crippen molar-refractivity contribution in [1.82, 2.24) is 9.80 Å². The second-order valence-corrected chi connectivity index (χ2v) is 5.04. The highest BCUT2D eigenvalue weighted by Crippen LogP contribution is 2.25. The number of nitrogens with zero attached hydrogens (tertiary/aromatic N) is 2. The van der Waals surface area contributed by atoms with Crippen LogP contribution in [0, 0.1) is 5.92 Å². The van der Waals surface area contributed by atoms with Gasteiger partial charge in [-0.2, -0.15) is 0 Å². The van der Waals surface area contributed by atoms with Gasteiger partial charge >= 0.3 is 0 Å². The van der Waals surface area contributed by atoms with Gasteiger partial charge in [-0.05, 0) is 6.42 Å². The van der Waals surface area contributed by atoms with Crippen molar-refractivity contribution in [2.75, 3.05) is 33.4 Å². The predicted molar refractivity (Wildman–Crippen MR) is 63.7 cm³/mol. The van der Waals surface area contributed by atoms with Crippen molar-refractivity contribution in [3.05, 3.63) is 0 Å². The molecule has 0 radical (unpaired) electrons. The molecule has 2 rings (SSSR count). The van der Waals surface area contributed by atoms with Crippen LogP contribution in [0.15, 0.2) is 0 Å². The molecular weight excluding hydrogens is 236 g/mol. The molecule has 0 aromatic carbocycles. The van der Waals surface area contributed by atoms with Crippen LogP contribution in [0.2, 0.25) is 0 Å². The zero-order chi connectivity index (χ0) is 13.3. The van der Waals surface area contributed by atoms with E-state index in [2.05, 4.69) is 0 Å². The fraction of sp³-hybridized carbons (Fsp3) is 0.833. The molecule has 2 aliphatic heterocycles. The first-order chi connectivity index (χ1) is 8.56. The molecule has 2 aliphatic rings. The fourth-order valence-corrected chi connectivity index (χ4v) is 2.61. The standard InChI is InChI=1S/C12H20N2O4/c1-8(16)13-4-9(5-13)12(17)14-6-11(18-2)3-10(14)7-15/h9-11,15H,3-7H2,1-2H3/t10-,11-/m0/s1. The highest BCUT2D eigenvalue weighted by Gasteiger charge is 2.42. The normalized spacial score (nSPS) is 28.4. The first kappa shape index (κ1) is 13.3. The molecule has 0 unspecified atom stereocenters. The van der Waals surface area contributed by atoms with Crippen LogP contribution in [0.3, 0.4) is 0 Å². The van der Waals surface area contributed by atoms with Gasteiger partial charge in [-0.3, -0.25) is 9.59 Å². The first-order valence-electron chi connectivity index (χ1n) is 6.26. The van der Waals surface area contributed by atoms with Crippen LogP contribution in [0.25, 0.3) is 0 Å². The summed E-state index contributed by atoms with van der Waals surface area (Å²) in [4.78, 5) is 26.7. The van der Waals surface area contributed by atoms with Crippen LogP contribution >= 0.6 is 0 Å². The lowest BCUT2D eigenvalue weighted by atomic mass is 9.98. The number of carbonyl (C=O) groups excluding carboxylic acids is 2. The SMILES string of the molecule is CO[C@H]1C[C@@H](CO)N(C(=O)C2CN(C(C)=O)C2)C1. The van der Waals surface area contributed by atoms with E-state index in [-0.39, 0.29) is 36.5 Å². The lowest BCUT2D eigenvalue weighted by molar-refractivity contribution is -0.148. The minimum atomic E-state index is -0.145. The lowest BCUT2D eigenvalue weighted by Gasteiger charge is -2.40. The Hall–Kier alpha value is -1.14. The van der Waals surface area contributed by atoms with E-state index >= 15 is 0 Å². The minimum absolute atomic E-state index is 0.00829. The molecule has 2 heterocycles. The van der Waals surface area contributed by atoms with E-state index in [1.54, 1.807) is 16.9 Å². The Balaban J connectivity index is 1.91. The minimum Gasteiger partial charge on any atom is -0.394 e. The summed E-state index contributed by atoms with van der Waals surface area (Å²) in [6.45, 7) is 3.01. The van der Waals surface area contributed by atoms with Gasteiger partial charge in [0.05, 0.1) is 24.7 Å². The topological polar surface area (TPSA) is 70.1 Å². The zero-order valence-electron chi connectivity index (χ0n) is 10.8. The molecule has 6 heteroatoms. The van der Waals surface area contributed by atoms with Crippen LogP contribution in [0.1, 0.15) is 13.3 Å². The molecule has 102 valence electrons. The maximum absolute atomic E-state index is 12.2. The molecule has 2 amide bonds. The van der Waals surface area contributed by atoms with E-state index in [0.29, 0.717) is 26.1 Å². The molecule has 0 saturated carbocycles. The predicted octanol–water partition coefficient (Wildman–Crippen LogP) is -0.927. The van der Waals surface area contributed by atoms with E-state index in [9.17, 15) is 14.7 Å². The number of hydrogen-bond donors (Lipinski definition) is 1. The quantitative estimate of drug-likeness (QED) is 0.708.